The van der Waals surface area contributed by atoms with Crippen LogP contribution >= 0.6 is 11.6 Å². The molecule has 1 heterocycles. The highest BCUT2D eigenvalue weighted by atomic mass is 35.5. The largest absolute Gasteiger partial charge is 0.356 e. The van der Waals surface area contributed by atoms with Crippen molar-refractivity contribution in [3.05, 3.63) is 29.3 Å². The Labute approximate surface area is 129 Å². The van der Waals surface area contributed by atoms with E-state index in [0.717, 1.165) is 13.0 Å². The number of hydrogen-bond donors (Lipinski definition) is 2. The van der Waals surface area contributed by atoms with Gasteiger partial charge in [-0.25, -0.2) is 0 Å². The van der Waals surface area contributed by atoms with Crippen LogP contribution in [0.5, 0.6) is 0 Å². The minimum atomic E-state index is -0.302. The third-order valence-electron chi connectivity index (χ3n) is 3.54. The van der Waals surface area contributed by atoms with E-state index in [0.29, 0.717) is 23.8 Å². The molecular weight excluding hydrogens is 290 g/mol. The summed E-state index contributed by atoms with van der Waals surface area (Å²) in [5.41, 5.74) is 0.676. The van der Waals surface area contributed by atoms with E-state index in [9.17, 15) is 9.59 Å². The molecule has 1 aromatic carbocycles. The molecule has 1 aromatic rings. The van der Waals surface area contributed by atoms with Crippen LogP contribution in [0.15, 0.2) is 24.3 Å². The molecule has 1 saturated heterocycles. The zero-order valence-electron chi connectivity index (χ0n) is 12.1. The average Bonchev–Trinajstić information content (AvgIpc) is 2.86. The SMILES string of the molecule is CNCCCNC(=O)C1CC(=O)N(c2ccccc2Cl)C1. The van der Waals surface area contributed by atoms with Crippen molar-refractivity contribution in [2.24, 2.45) is 5.92 Å². The van der Waals surface area contributed by atoms with Crippen molar-refractivity contribution in [1.82, 2.24) is 10.6 Å². The van der Waals surface area contributed by atoms with Gasteiger partial charge in [0.2, 0.25) is 11.8 Å². The van der Waals surface area contributed by atoms with Gasteiger partial charge in [0.25, 0.3) is 0 Å². The summed E-state index contributed by atoms with van der Waals surface area (Å²) in [6, 6.07) is 7.20. The van der Waals surface area contributed by atoms with Gasteiger partial charge in [0.05, 0.1) is 16.6 Å². The number of rotatable bonds is 6. The molecule has 114 valence electrons. The summed E-state index contributed by atoms with van der Waals surface area (Å²) in [7, 11) is 1.87. The number of benzene rings is 1. The molecule has 1 aliphatic heterocycles. The van der Waals surface area contributed by atoms with Crippen molar-refractivity contribution >= 4 is 29.1 Å². The van der Waals surface area contributed by atoms with Gasteiger partial charge in [0.1, 0.15) is 0 Å². The maximum atomic E-state index is 12.1. The molecule has 2 N–H and O–H groups in total. The van der Waals surface area contributed by atoms with Crippen LogP contribution in [0.25, 0.3) is 0 Å². The van der Waals surface area contributed by atoms with Crippen LogP contribution in [-0.2, 0) is 9.59 Å². The molecular formula is C15H20ClN3O2. The third kappa shape index (κ3) is 3.95. The maximum Gasteiger partial charge on any atom is 0.227 e. The normalized spacial score (nSPS) is 18.1. The Morgan fingerprint density at radius 1 is 1.38 bits per heavy atom. The zero-order chi connectivity index (χ0) is 15.2. The molecule has 0 spiro atoms. The molecule has 1 unspecified atom stereocenters. The zero-order valence-corrected chi connectivity index (χ0v) is 12.8. The van der Waals surface area contributed by atoms with Gasteiger partial charge in [-0.2, -0.15) is 0 Å². The monoisotopic (exact) mass is 309 g/mol. The smallest absolute Gasteiger partial charge is 0.227 e. The molecule has 0 saturated carbocycles. The van der Waals surface area contributed by atoms with Gasteiger partial charge >= 0.3 is 0 Å². The Balaban J connectivity index is 1.93. The van der Waals surface area contributed by atoms with Crippen molar-refractivity contribution in [2.75, 3.05) is 31.6 Å². The summed E-state index contributed by atoms with van der Waals surface area (Å²) in [5, 5.41) is 6.43. The van der Waals surface area contributed by atoms with Crippen LogP contribution < -0.4 is 15.5 Å². The molecule has 0 aliphatic carbocycles. The Kier molecular flexibility index (Phi) is 5.59. The Bertz CT molecular complexity index is 521. The number of carbonyl (C=O) groups excluding carboxylic acids is 2. The minimum Gasteiger partial charge on any atom is -0.356 e. The van der Waals surface area contributed by atoms with Gasteiger partial charge in [-0.05, 0) is 32.1 Å². The predicted octanol–water partition coefficient (Wildman–Crippen LogP) is 1.42. The van der Waals surface area contributed by atoms with Crippen molar-refractivity contribution in [3.63, 3.8) is 0 Å². The summed E-state index contributed by atoms with van der Waals surface area (Å²) >= 11 is 6.11. The van der Waals surface area contributed by atoms with Crippen LogP contribution in [0.4, 0.5) is 5.69 Å². The van der Waals surface area contributed by atoms with Crippen molar-refractivity contribution < 1.29 is 9.59 Å². The molecule has 1 fully saturated rings. The maximum absolute atomic E-state index is 12.1. The van der Waals surface area contributed by atoms with Gasteiger partial charge < -0.3 is 15.5 Å². The first-order valence-electron chi connectivity index (χ1n) is 7.10. The summed E-state index contributed by atoms with van der Waals surface area (Å²) < 4.78 is 0. The van der Waals surface area contributed by atoms with Crippen LogP contribution in [0.2, 0.25) is 5.02 Å². The van der Waals surface area contributed by atoms with Crippen LogP contribution in [-0.4, -0.2) is 38.5 Å². The van der Waals surface area contributed by atoms with Gasteiger partial charge in [-0.3, -0.25) is 9.59 Å². The number of anilines is 1. The van der Waals surface area contributed by atoms with Gasteiger partial charge in [0.15, 0.2) is 0 Å². The molecule has 2 amide bonds. The molecule has 6 heteroatoms. The van der Waals surface area contributed by atoms with Crippen molar-refractivity contribution in [1.29, 1.82) is 0 Å². The second-order valence-electron chi connectivity index (χ2n) is 5.10. The minimum absolute atomic E-state index is 0.0570. The fourth-order valence-electron chi connectivity index (χ4n) is 2.41. The number of nitrogens with zero attached hydrogens (tertiary/aromatic N) is 1. The number of amides is 2. The van der Waals surface area contributed by atoms with Crippen molar-refractivity contribution in [2.45, 2.75) is 12.8 Å². The van der Waals surface area contributed by atoms with E-state index in [-0.39, 0.29) is 24.2 Å². The van der Waals surface area contributed by atoms with E-state index in [1.54, 1.807) is 17.0 Å². The van der Waals surface area contributed by atoms with Crippen LogP contribution in [0, 0.1) is 5.92 Å². The molecule has 1 aliphatic rings. The molecule has 0 aromatic heterocycles. The lowest BCUT2D eigenvalue weighted by Gasteiger charge is -2.18. The molecule has 1 atom stereocenters. The lowest BCUT2D eigenvalue weighted by atomic mass is 10.1. The van der Waals surface area contributed by atoms with Gasteiger partial charge in [-0.1, -0.05) is 23.7 Å². The average molecular weight is 310 g/mol. The Morgan fingerprint density at radius 2 is 2.14 bits per heavy atom. The van der Waals surface area contributed by atoms with Crippen LogP contribution in [0.3, 0.4) is 0 Å². The first kappa shape index (κ1) is 15.8. The summed E-state index contributed by atoms with van der Waals surface area (Å²) in [6.07, 6.45) is 1.11. The number of hydrogen-bond acceptors (Lipinski definition) is 3. The highest BCUT2D eigenvalue weighted by Crippen LogP contribution is 2.30. The number of halogens is 1. The standard InChI is InChI=1S/C15H20ClN3O2/c1-17-7-4-8-18-15(21)11-9-14(20)19(10-11)13-6-3-2-5-12(13)16/h2-3,5-6,11,17H,4,7-10H2,1H3,(H,18,21). The summed E-state index contributed by atoms with van der Waals surface area (Å²) in [5.74, 6) is -0.421. The van der Waals surface area contributed by atoms with Gasteiger partial charge in [0, 0.05) is 19.5 Å². The fourth-order valence-corrected chi connectivity index (χ4v) is 2.65. The quantitative estimate of drug-likeness (QED) is 0.781. The lowest BCUT2D eigenvalue weighted by molar-refractivity contribution is -0.126. The molecule has 21 heavy (non-hydrogen) atoms. The molecule has 2 rings (SSSR count). The number of nitrogens with one attached hydrogen (secondary N) is 2. The summed E-state index contributed by atoms with van der Waals surface area (Å²) in [6.45, 7) is 1.87. The first-order chi connectivity index (χ1) is 10.1. The first-order valence-corrected chi connectivity index (χ1v) is 7.48. The van der Waals surface area contributed by atoms with E-state index < -0.39 is 0 Å². The topological polar surface area (TPSA) is 61.4 Å². The number of para-hydroxylation sites is 1. The Hall–Kier alpha value is -1.59. The van der Waals surface area contributed by atoms with Crippen LogP contribution in [0.1, 0.15) is 12.8 Å². The van der Waals surface area contributed by atoms with Crippen molar-refractivity contribution in [3.8, 4) is 0 Å². The molecule has 0 bridgehead atoms. The summed E-state index contributed by atoms with van der Waals surface area (Å²) in [4.78, 5) is 25.8. The second-order valence-corrected chi connectivity index (χ2v) is 5.51. The predicted molar refractivity (Wildman–Crippen MR) is 83.5 cm³/mol. The van der Waals surface area contributed by atoms with E-state index >= 15 is 0 Å². The van der Waals surface area contributed by atoms with E-state index in [1.165, 1.54) is 0 Å². The third-order valence-corrected chi connectivity index (χ3v) is 3.86. The molecule has 0 radical (unpaired) electrons. The van der Waals surface area contributed by atoms with E-state index in [2.05, 4.69) is 10.6 Å². The highest BCUT2D eigenvalue weighted by Gasteiger charge is 2.35. The van der Waals surface area contributed by atoms with E-state index in [1.807, 2.05) is 19.2 Å². The lowest BCUT2D eigenvalue weighted by Crippen LogP contribution is -2.34. The Morgan fingerprint density at radius 3 is 2.86 bits per heavy atom. The van der Waals surface area contributed by atoms with Gasteiger partial charge in [-0.15, -0.1) is 0 Å². The number of carbonyl (C=O) groups is 2. The molecule has 5 nitrogen and oxygen atoms in total. The van der Waals surface area contributed by atoms with E-state index in [4.69, 9.17) is 11.6 Å². The second kappa shape index (κ2) is 7.43. The fraction of sp³-hybridized carbons (Fsp3) is 0.467. The highest BCUT2D eigenvalue weighted by molar-refractivity contribution is 6.33.